The van der Waals surface area contributed by atoms with Gasteiger partial charge in [-0.3, -0.25) is 4.79 Å². The molecule has 0 atom stereocenters. The van der Waals surface area contributed by atoms with Crippen LogP contribution in [0.3, 0.4) is 0 Å². The SMILES string of the molecule is CCCOCCn1c(=O)cc(C(=O)O)c2ccccc21. The Morgan fingerprint density at radius 1 is 1.30 bits per heavy atom. The van der Waals surface area contributed by atoms with E-state index >= 15 is 0 Å². The van der Waals surface area contributed by atoms with Crippen LogP contribution >= 0.6 is 0 Å². The molecule has 0 saturated heterocycles. The Kier molecular flexibility index (Phi) is 4.53. The lowest BCUT2D eigenvalue weighted by atomic mass is 10.1. The number of aromatic carboxylic acids is 1. The van der Waals surface area contributed by atoms with E-state index in [1.54, 1.807) is 28.8 Å². The maximum atomic E-state index is 12.1. The van der Waals surface area contributed by atoms with Gasteiger partial charge < -0.3 is 14.4 Å². The van der Waals surface area contributed by atoms with Gasteiger partial charge in [0.15, 0.2) is 0 Å². The number of carbonyl (C=O) groups is 1. The molecule has 106 valence electrons. The number of carboxylic acid groups (broad SMARTS) is 1. The lowest BCUT2D eigenvalue weighted by Crippen LogP contribution is -2.24. The number of rotatable bonds is 6. The molecule has 20 heavy (non-hydrogen) atoms. The quantitative estimate of drug-likeness (QED) is 0.820. The number of hydrogen-bond donors (Lipinski definition) is 1. The van der Waals surface area contributed by atoms with E-state index in [-0.39, 0.29) is 11.1 Å². The molecule has 1 aromatic carbocycles. The van der Waals surface area contributed by atoms with Crippen LogP contribution in [0.1, 0.15) is 23.7 Å². The predicted molar refractivity (Wildman–Crippen MR) is 76.3 cm³/mol. The zero-order valence-electron chi connectivity index (χ0n) is 11.3. The largest absolute Gasteiger partial charge is 0.478 e. The monoisotopic (exact) mass is 275 g/mol. The Hall–Kier alpha value is -2.14. The molecule has 0 saturated carbocycles. The molecule has 0 aliphatic rings. The second-order valence-corrected chi connectivity index (χ2v) is 4.48. The van der Waals surface area contributed by atoms with Crippen LogP contribution in [0.25, 0.3) is 10.9 Å². The van der Waals surface area contributed by atoms with Crippen LogP contribution < -0.4 is 5.56 Å². The average molecular weight is 275 g/mol. The van der Waals surface area contributed by atoms with Crippen LogP contribution in [0, 0.1) is 0 Å². The van der Waals surface area contributed by atoms with Crippen molar-refractivity contribution in [2.75, 3.05) is 13.2 Å². The summed E-state index contributed by atoms with van der Waals surface area (Å²) < 4.78 is 6.95. The van der Waals surface area contributed by atoms with E-state index < -0.39 is 5.97 Å². The maximum Gasteiger partial charge on any atom is 0.336 e. The van der Waals surface area contributed by atoms with E-state index in [9.17, 15) is 14.7 Å². The van der Waals surface area contributed by atoms with Crippen molar-refractivity contribution in [1.29, 1.82) is 0 Å². The summed E-state index contributed by atoms with van der Waals surface area (Å²) in [6, 6.07) is 8.18. The lowest BCUT2D eigenvalue weighted by molar-refractivity contribution is 0.0698. The molecule has 0 unspecified atom stereocenters. The van der Waals surface area contributed by atoms with Gasteiger partial charge in [0.1, 0.15) is 0 Å². The number of carboxylic acids is 1. The molecule has 1 heterocycles. The summed E-state index contributed by atoms with van der Waals surface area (Å²) in [6.07, 6.45) is 0.924. The van der Waals surface area contributed by atoms with E-state index in [1.807, 2.05) is 6.92 Å². The van der Waals surface area contributed by atoms with E-state index in [1.165, 1.54) is 6.07 Å². The van der Waals surface area contributed by atoms with Gasteiger partial charge in [-0.1, -0.05) is 25.1 Å². The highest BCUT2D eigenvalue weighted by Crippen LogP contribution is 2.16. The van der Waals surface area contributed by atoms with Gasteiger partial charge in [-0.25, -0.2) is 4.79 Å². The standard InChI is InChI=1S/C15H17NO4/c1-2-8-20-9-7-16-13-6-4-3-5-11(13)12(15(18)19)10-14(16)17/h3-6,10H,2,7-9H2,1H3,(H,18,19). The first kappa shape index (κ1) is 14.3. The number of benzene rings is 1. The fourth-order valence-electron chi connectivity index (χ4n) is 2.14. The number of nitrogens with zero attached hydrogens (tertiary/aromatic N) is 1. The molecular formula is C15H17NO4. The second-order valence-electron chi connectivity index (χ2n) is 4.48. The van der Waals surface area contributed by atoms with Gasteiger partial charge in [-0.15, -0.1) is 0 Å². The molecule has 0 amide bonds. The molecule has 0 fully saturated rings. The van der Waals surface area contributed by atoms with E-state index in [0.717, 1.165) is 6.42 Å². The Morgan fingerprint density at radius 3 is 2.75 bits per heavy atom. The van der Waals surface area contributed by atoms with Gasteiger partial charge in [-0.2, -0.15) is 0 Å². The summed E-state index contributed by atoms with van der Waals surface area (Å²) in [5, 5.41) is 9.74. The van der Waals surface area contributed by atoms with E-state index in [0.29, 0.717) is 30.7 Å². The van der Waals surface area contributed by atoms with Crippen molar-refractivity contribution < 1.29 is 14.6 Å². The molecule has 0 radical (unpaired) electrons. The summed E-state index contributed by atoms with van der Waals surface area (Å²) >= 11 is 0. The van der Waals surface area contributed by atoms with Crippen molar-refractivity contribution in [3.05, 3.63) is 46.2 Å². The summed E-state index contributed by atoms with van der Waals surface area (Å²) in [6.45, 7) is 3.52. The topological polar surface area (TPSA) is 68.5 Å². The molecule has 0 spiro atoms. The van der Waals surface area contributed by atoms with Crippen LogP contribution in [-0.4, -0.2) is 28.9 Å². The molecule has 2 aromatic rings. The smallest absolute Gasteiger partial charge is 0.336 e. The van der Waals surface area contributed by atoms with E-state index in [4.69, 9.17) is 4.74 Å². The molecule has 1 N–H and O–H groups in total. The van der Waals surface area contributed by atoms with Crippen LogP contribution in [0.15, 0.2) is 35.1 Å². The normalized spacial score (nSPS) is 10.8. The molecule has 5 nitrogen and oxygen atoms in total. The van der Waals surface area contributed by atoms with Crippen molar-refractivity contribution in [2.45, 2.75) is 19.9 Å². The minimum Gasteiger partial charge on any atom is -0.478 e. The Morgan fingerprint density at radius 2 is 2.05 bits per heavy atom. The molecule has 0 aliphatic carbocycles. The number of aromatic nitrogens is 1. The van der Waals surface area contributed by atoms with Crippen LogP contribution in [0.4, 0.5) is 0 Å². The van der Waals surface area contributed by atoms with Gasteiger partial charge in [0.05, 0.1) is 17.7 Å². The molecule has 0 bridgehead atoms. The molecule has 5 heteroatoms. The first-order valence-electron chi connectivity index (χ1n) is 6.58. The van der Waals surface area contributed by atoms with Crippen molar-refractivity contribution in [2.24, 2.45) is 0 Å². The number of para-hydroxylation sites is 1. The third-order valence-corrected chi connectivity index (χ3v) is 3.06. The molecule has 2 rings (SSSR count). The minimum absolute atomic E-state index is 0.0383. The predicted octanol–water partition coefficient (Wildman–Crippen LogP) is 2.13. The third kappa shape index (κ3) is 2.88. The van der Waals surface area contributed by atoms with Crippen LogP contribution in [0.5, 0.6) is 0 Å². The van der Waals surface area contributed by atoms with Gasteiger partial charge in [0.25, 0.3) is 5.56 Å². The van der Waals surface area contributed by atoms with Crippen molar-refractivity contribution in [1.82, 2.24) is 4.57 Å². The Labute approximate surface area is 116 Å². The Balaban J connectivity index is 2.45. The van der Waals surface area contributed by atoms with Crippen molar-refractivity contribution in [3.63, 3.8) is 0 Å². The Bertz CT molecular complexity index is 675. The number of hydrogen-bond acceptors (Lipinski definition) is 3. The fraction of sp³-hybridized carbons (Fsp3) is 0.333. The van der Waals surface area contributed by atoms with Crippen molar-refractivity contribution >= 4 is 16.9 Å². The molecule has 0 aliphatic heterocycles. The van der Waals surface area contributed by atoms with Gasteiger partial charge >= 0.3 is 5.97 Å². The second kappa shape index (κ2) is 6.34. The lowest BCUT2D eigenvalue weighted by Gasteiger charge is -2.12. The first-order valence-corrected chi connectivity index (χ1v) is 6.58. The van der Waals surface area contributed by atoms with E-state index in [2.05, 4.69) is 0 Å². The summed E-state index contributed by atoms with van der Waals surface area (Å²) in [5.41, 5.74) is 0.343. The zero-order chi connectivity index (χ0) is 14.5. The summed E-state index contributed by atoms with van der Waals surface area (Å²) in [5.74, 6) is -1.09. The first-order chi connectivity index (χ1) is 9.65. The van der Waals surface area contributed by atoms with Gasteiger partial charge in [0.2, 0.25) is 0 Å². The molecular weight excluding hydrogens is 258 g/mol. The number of fused-ring (bicyclic) bond motifs is 1. The van der Waals surface area contributed by atoms with Gasteiger partial charge in [-0.05, 0) is 12.5 Å². The average Bonchev–Trinajstić information content (AvgIpc) is 2.44. The molecule has 1 aromatic heterocycles. The third-order valence-electron chi connectivity index (χ3n) is 3.06. The minimum atomic E-state index is -1.09. The summed E-state index contributed by atoms with van der Waals surface area (Å²) in [4.78, 5) is 23.3. The summed E-state index contributed by atoms with van der Waals surface area (Å²) in [7, 11) is 0. The maximum absolute atomic E-state index is 12.1. The number of ether oxygens (including phenoxy) is 1. The highest BCUT2D eigenvalue weighted by atomic mass is 16.5. The number of pyridine rings is 1. The van der Waals surface area contributed by atoms with Crippen LogP contribution in [0.2, 0.25) is 0 Å². The highest BCUT2D eigenvalue weighted by molar-refractivity contribution is 6.02. The highest BCUT2D eigenvalue weighted by Gasteiger charge is 2.13. The van der Waals surface area contributed by atoms with Crippen molar-refractivity contribution in [3.8, 4) is 0 Å². The zero-order valence-corrected chi connectivity index (χ0v) is 11.3. The fourth-order valence-corrected chi connectivity index (χ4v) is 2.14. The van der Waals surface area contributed by atoms with Crippen LogP contribution in [-0.2, 0) is 11.3 Å². The van der Waals surface area contributed by atoms with Gasteiger partial charge in [0, 0.05) is 24.6 Å².